The van der Waals surface area contributed by atoms with Crippen molar-refractivity contribution in [3.05, 3.63) is 28.5 Å². The van der Waals surface area contributed by atoms with E-state index in [0.717, 1.165) is 29.4 Å². The van der Waals surface area contributed by atoms with Gasteiger partial charge in [-0.15, -0.1) is 0 Å². The molecule has 2 rings (SSSR count). The predicted molar refractivity (Wildman–Crippen MR) is 59.0 cm³/mol. The molecule has 0 amide bonds. The zero-order valence-electron chi connectivity index (χ0n) is 8.20. The van der Waals surface area contributed by atoms with E-state index >= 15 is 0 Å². The van der Waals surface area contributed by atoms with E-state index in [-0.39, 0.29) is 11.5 Å². The fourth-order valence-corrected chi connectivity index (χ4v) is 2.18. The lowest BCUT2D eigenvalue weighted by molar-refractivity contribution is 0.110. The number of aliphatic hydroxyl groups is 1. The molecule has 1 atom stereocenters. The minimum absolute atomic E-state index is 0.108. The third kappa shape index (κ3) is 1.84. The van der Waals surface area contributed by atoms with Gasteiger partial charge in [-0.25, -0.2) is 0 Å². The van der Waals surface area contributed by atoms with E-state index in [0.29, 0.717) is 0 Å². The van der Waals surface area contributed by atoms with Crippen molar-refractivity contribution in [2.45, 2.75) is 32.3 Å². The van der Waals surface area contributed by atoms with E-state index in [4.69, 9.17) is 0 Å². The second-order valence-corrected chi connectivity index (χ2v) is 5.00. The summed E-state index contributed by atoms with van der Waals surface area (Å²) < 4.78 is 1.05. The van der Waals surface area contributed by atoms with Crippen LogP contribution < -0.4 is 0 Å². The minimum Gasteiger partial charge on any atom is -0.393 e. The van der Waals surface area contributed by atoms with E-state index in [1.807, 2.05) is 19.1 Å². The number of pyridine rings is 1. The molecule has 1 aliphatic carbocycles. The van der Waals surface area contributed by atoms with Gasteiger partial charge in [0.15, 0.2) is 0 Å². The van der Waals surface area contributed by atoms with Crippen LogP contribution in [-0.2, 0) is 6.42 Å². The molecule has 0 bridgehead atoms. The summed E-state index contributed by atoms with van der Waals surface area (Å²) in [5.74, 6) is 0. The highest BCUT2D eigenvalue weighted by molar-refractivity contribution is 9.10. The number of nitrogens with zero attached hydrogens (tertiary/aromatic N) is 1. The quantitative estimate of drug-likeness (QED) is 0.901. The van der Waals surface area contributed by atoms with Crippen LogP contribution in [0.25, 0.3) is 0 Å². The topological polar surface area (TPSA) is 33.1 Å². The lowest BCUT2D eigenvalue weighted by Crippen LogP contribution is -2.21. The first-order valence-electron chi connectivity index (χ1n) is 4.91. The van der Waals surface area contributed by atoms with Gasteiger partial charge in [0.05, 0.1) is 11.8 Å². The van der Waals surface area contributed by atoms with Gasteiger partial charge in [0.1, 0.15) is 0 Å². The highest BCUT2D eigenvalue weighted by Crippen LogP contribution is 2.51. The minimum atomic E-state index is -0.226. The van der Waals surface area contributed by atoms with Crippen molar-refractivity contribution < 1.29 is 5.11 Å². The molecule has 1 aromatic heterocycles. The van der Waals surface area contributed by atoms with Crippen molar-refractivity contribution in [1.29, 1.82) is 0 Å². The molecule has 2 nitrogen and oxygen atoms in total. The van der Waals surface area contributed by atoms with Crippen molar-refractivity contribution >= 4 is 15.9 Å². The van der Waals surface area contributed by atoms with Crippen molar-refractivity contribution in [3.8, 4) is 0 Å². The molecule has 1 fully saturated rings. The molecular formula is C11H14BrNO. The first-order chi connectivity index (χ1) is 6.64. The first kappa shape index (κ1) is 10.1. The summed E-state index contributed by atoms with van der Waals surface area (Å²) in [4.78, 5) is 4.33. The third-order valence-corrected chi connectivity index (χ3v) is 3.85. The number of hydrogen-bond donors (Lipinski definition) is 1. The Balaban J connectivity index is 2.15. The van der Waals surface area contributed by atoms with Gasteiger partial charge in [-0.05, 0) is 54.2 Å². The van der Waals surface area contributed by atoms with Gasteiger partial charge in [-0.2, -0.15) is 0 Å². The molecule has 1 heterocycles. The first-order valence-corrected chi connectivity index (χ1v) is 5.71. The third-order valence-electron chi connectivity index (χ3n) is 3.13. The summed E-state index contributed by atoms with van der Waals surface area (Å²) in [6, 6.07) is 3.91. The van der Waals surface area contributed by atoms with Gasteiger partial charge in [0.2, 0.25) is 0 Å². The Hall–Kier alpha value is -0.410. The molecule has 3 heteroatoms. The largest absolute Gasteiger partial charge is 0.393 e. The van der Waals surface area contributed by atoms with Crippen LogP contribution in [0.15, 0.2) is 22.8 Å². The van der Waals surface area contributed by atoms with Crippen molar-refractivity contribution in [3.63, 3.8) is 0 Å². The lowest BCUT2D eigenvalue weighted by Gasteiger charge is -2.18. The fourth-order valence-electron chi connectivity index (χ4n) is 1.78. The Labute approximate surface area is 92.5 Å². The fraction of sp³-hybridized carbons (Fsp3) is 0.545. The second-order valence-electron chi connectivity index (χ2n) is 4.15. The Morgan fingerprint density at radius 1 is 1.64 bits per heavy atom. The molecule has 1 N–H and O–H groups in total. The summed E-state index contributed by atoms with van der Waals surface area (Å²) in [5, 5.41) is 9.65. The van der Waals surface area contributed by atoms with Gasteiger partial charge in [-0.3, -0.25) is 4.98 Å². The molecular weight excluding hydrogens is 242 g/mol. The summed E-state index contributed by atoms with van der Waals surface area (Å²) >= 11 is 3.48. The molecule has 0 radical (unpaired) electrons. The molecule has 1 unspecified atom stereocenters. The summed E-state index contributed by atoms with van der Waals surface area (Å²) in [6.45, 7) is 1.88. The van der Waals surface area contributed by atoms with Gasteiger partial charge < -0.3 is 5.11 Å². The van der Waals surface area contributed by atoms with Crippen molar-refractivity contribution in [1.82, 2.24) is 4.98 Å². The highest BCUT2D eigenvalue weighted by Gasteiger charge is 2.47. The summed E-state index contributed by atoms with van der Waals surface area (Å²) in [7, 11) is 0. The standard InChI is InChI=1S/C11H14BrNO/c1-8(14)11(4-5-11)7-10-9(12)3-2-6-13-10/h2-3,6,8,14H,4-5,7H2,1H3. The van der Waals surface area contributed by atoms with E-state index in [1.54, 1.807) is 6.20 Å². The van der Waals surface area contributed by atoms with E-state index < -0.39 is 0 Å². The molecule has 1 aromatic rings. The van der Waals surface area contributed by atoms with E-state index in [1.165, 1.54) is 0 Å². The maximum atomic E-state index is 9.65. The SMILES string of the molecule is CC(O)C1(Cc2ncccc2Br)CC1. The zero-order chi connectivity index (χ0) is 10.2. The maximum absolute atomic E-state index is 9.65. The number of hydrogen-bond acceptors (Lipinski definition) is 2. The normalized spacial score (nSPS) is 20.5. The average Bonchev–Trinajstić information content (AvgIpc) is 2.90. The Kier molecular flexibility index (Phi) is 2.62. The predicted octanol–water partition coefficient (Wildman–Crippen LogP) is 2.55. The molecule has 0 saturated heterocycles. The number of aromatic nitrogens is 1. The number of halogens is 1. The van der Waals surface area contributed by atoms with Gasteiger partial charge in [0, 0.05) is 16.1 Å². The smallest absolute Gasteiger partial charge is 0.0572 e. The monoisotopic (exact) mass is 255 g/mol. The van der Waals surface area contributed by atoms with E-state index in [2.05, 4.69) is 20.9 Å². The Morgan fingerprint density at radius 2 is 2.36 bits per heavy atom. The second kappa shape index (κ2) is 3.63. The average molecular weight is 256 g/mol. The van der Waals surface area contributed by atoms with Crippen LogP contribution in [0, 0.1) is 5.41 Å². The Morgan fingerprint density at radius 3 is 2.86 bits per heavy atom. The molecule has 0 aliphatic heterocycles. The van der Waals surface area contributed by atoms with Crippen molar-refractivity contribution in [2.75, 3.05) is 0 Å². The van der Waals surface area contributed by atoms with Gasteiger partial charge >= 0.3 is 0 Å². The molecule has 1 saturated carbocycles. The number of aliphatic hydroxyl groups excluding tert-OH is 1. The Bertz CT molecular complexity index is 334. The summed E-state index contributed by atoms with van der Waals surface area (Å²) in [5.41, 5.74) is 1.17. The van der Waals surface area contributed by atoms with Crippen LogP contribution in [0.1, 0.15) is 25.5 Å². The molecule has 14 heavy (non-hydrogen) atoms. The van der Waals surface area contributed by atoms with Crippen LogP contribution in [0.5, 0.6) is 0 Å². The molecule has 0 aromatic carbocycles. The van der Waals surface area contributed by atoms with Crippen LogP contribution in [0.2, 0.25) is 0 Å². The maximum Gasteiger partial charge on any atom is 0.0572 e. The van der Waals surface area contributed by atoms with Crippen LogP contribution in [0.3, 0.4) is 0 Å². The molecule has 1 aliphatic rings. The van der Waals surface area contributed by atoms with Crippen molar-refractivity contribution in [2.24, 2.45) is 5.41 Å². The molecule has 76 valence electrons. The van der Waals surface area contributed by atoms with Gasteiger partial charge in [0.25, 0.3) is 0 Å². The van der Waals surface area contributed by atoms with Crippen LogP contribution in [0.4, 0.5) is 0 Å². The van der Waals surface area contributed by atoms with Gasteiger partial charge in [-0.1, -0.05) is 0 Å². The molecule has 0 spiro atoms. The summed E-state index contributed by atoms with van der Waals surface area (Å²) in [6.07, 6.45) is 4.70. The van der Waals surface area contributed by atoms with E-state index in [9.17, 15) is 5.11 Å². The van der Waals surface area contributed by atoms with Crippen LogP contribution >= 0.6 is 15.9 Å². The highest BCUT2D eigenvalue weighted by atomic mass is 79.9. The van der Waals surface area contributed by atoms with Crippen LogP contribution in [-0.4, -0.2) is 16.2 Å². The lowest BCUT2D eigenvalue weighted by atomic mass is 9.94. The number of rotatable bonds is 3. The zero-order valence-corrected chi connectivity index (χ0v) is 9.79.